The summed E-state index contributed by atoms with van der Waals surface area (Å²) in [6.07, 6.45) is 0. The predicted molar refractivity (Wildman–Crippen MR) is 75.0 cm³/mol. The molecule has 0 saturated heterocycles. The third-order valence-electron chi connectivity index (χ3n) is 2.70. The van der Waals surface area contributed by atoms with Crippen LogP contribution in [0.3, 0.4) is 0 Å². The molecule has 0 radical (unpaired) electrons. The fourth-order valence-corrected chi connectivity index (χ4v) is 1.74. The zero-order valence-corrected chi connectivity index (χ0v) is 11.1. The van der Waals surface area contributed by atoms with E-state index in [-0.39, 0.29) is 13.2 Å². The van der Waals surface area contributed by atoms with E-state index in [1.807, 2.05) is 0 Å². The molecule has 1 amide bonds. The molecule has 0 atom stereocenters. The van der Waals surface area contributed by atoms with Crippen LogP contribution in [0.2, 0.25) is 0 Å². The predicted octanol–water partition coefficient (Wildman–Crippen LogP) is 2.36. The van der Waals surface area contributed by atoms with E-state index in [1.165, 1.54) is 6.07 Å². The molecule has 0 aliphatic heterocycles. The second-order valence-corrected chi connectivity index (χ2v) is 4.27. The van der Waals surface area contributed by atoms with Crippen LogP contribution in [0.5, 0.6) is 5.75 Å². The minimum absolute atomic E-state index is 0.113. The van der Waals surface area contributed by atoms with Gasteiger partial charge in [0.05, 0.1) is 6.54 Å². The molecule has 0 aliphatic rings. The van der Waals surface area contributed by atoms with Gasteiger partial charge < -0.3 is 15.8 Å². The Hall–Kier alpha value is -2.63. The highest BCUT2D eigenvalue weighted by Crippen LogP contribution is 2.14. The number of hydrogen-bond acceptors (Lipinski definition) is 3. The van der Waals surface area contributed by atoms with Gasteiger partial charge in [0.15, 0.2) is 0 Å². The number of nitrogens with two attached hydrogens (primary N) is 1. The maximum atomic E-state index is 13.4. The highest BCUT2D eigenvalue weighted by molar-refractivity contribution is 5.94. The van der Waals surface area contributed by atoms with Crippen molar-refractivity contribution in [1.82, 2.24) is 5.32 Å². The molecule has 2 rings (SSSR count). The first-order chi connectivity index (χ1) is 10.1. The number of nitrogens with one attached hydrogen (secondary N) is 1. The SMILES string of the molecule is Nc1cccc(OCCNC(=O)c2c(F)cccc2F)c1. The first kappa shape index (κ1) is 14.8. The number of halogens is 2. The molecule has 0 unspecified atom stereocenters. The summed E-state index contributed by atoms with van der Waals surface area (Å²) in [6, 6.07) is 10.1. The van der Waals surface area contributed by atoms with Gasteiger partial charge in [-0.2, -0.15) is 0 Å². The maximum Gasteiger partial charge on any atom is 0.257 e. The number of benzene rings is 2. The van der Waals surface area contributed by atoms with E-state index in [1.54, 1.807) is 24.3 Å². The summed E-state index contributed by atoms with van der Waals surface area (Å²) in [5.41, 5.74) is 5.55. The van der Waals surface area contributed by atoms with Crippen molar-refractivity contribution >= 4 is 11.6 Å². The van der Waals surface area contributed by atoms with Crippen molar-refractivity contribution in [3.63, 3.8) is 0 Å². The Kier molecular flexibility index (Phi) is 4.71. The van der Waals surface area contributed by atoms with Gasteiger partial charge in [-0.15, -0.1) is 0 Å². The van der Waals surface area contributed by atoms with E-state index in [9.17, 15) is 13.6 Å². The average molecular weight is 292 g/mol. The molecule has 2 aromatic carbocycles. The molecule has 3 N–H and O–H groups in total. The lowest BCUT2D eigenvalue weighted by molar-refractivity contribution is 0.0938. The van der Waals surface area contributed by atoms with Crippen molar-refractivity contribution < 1.29 is 18.3 Å². The number of amides is 1. The lowest BCUT2D eigenvalue weighted by Crippen LogP contribution is -2.29. The van der Waals surface area contributed by atoms with Crippen molar-refractivity contribution in [2.24, 2.45) is 0 Å². The molecule has 0 fully saturated rings. The van der Waals surface area contributed by atoms with Gasteiger partial charge in [0.1, 0.15) is 29.6 Å². The highest BCUT2D eigenvalue weighted by Gasteiger charge is 2.16. The standard InChI is InChI=1S/C15H14F2N2O2/c16-12-5-2-6-13(17)14(12)15(20)19-7-8-21-11-4-1-3-10(18)9-11/h1-6,9H,7-8,18H2,(H,19,20). The molecule has 4 nitrogen and oxygen atoms in total. The van der Waals surface area contributed by atoms with E-state index in [0.29, 0.717) is 11.4 Å². The van der Waals surface area contributed by atoms with Crippen LogP contribution in [0.1, 0.15) is 10.4 Å². The molecule has 110 valence electrons. The number of carbonyl (C=O) groups is 1. The van der Waals surface area contributed by atoms with E-state index in [0.717, 1.165) is 12.1 Å². The van der Waals surface area contributed by atoms with Gasteiger partial charge in [-0.1, -0.05) is 12.1 Å². The lowest BCUT2D eigenvalue weighted by Gasteiger charge is -2.09. The minimum atomic E-state index is -0.899. The first-order valence-electron chi connectivity index (χ1n) is 6.28. The molecule has 0 bridgehead atoms. The number of ether oxygens (including phenoxy) is 1. The summed E-state index contributed by atoms with van der Waals surface area (Å²) < 4.78 is 32.1. The van der Waals surface area contributed by atoms with Gasteiger partial charge >= 0.3 is 0 Å². The quantitative estimate of drug-likeness (QED) is 0.657. The molecular formula is C15H14F2N2O2. The normalized spacial score (nSPS) is 10.2. The summed E-state index contributed by atoms with van der Waals surface area (Å²) in [5, 5.41) is 2.39. The second-order valence-electron chi connectivity index (χ2n) is 4.27. The van der Waals surface area contributed by atoms with E-state index in [2.05, 4.69) is 5.32 Å². The molecule has 0 spiro atoms. The van der Waals surface area contributed by atoms with Crippen LogP contribution in [0, 0.1) is 11.6 Å². The number of rotatable bonds is 5. The van der Waals surface area contributed by atoms with Crippen LogP contribution in [-0.2, 0) is 0 Å². The van der Waals surface area contributed by atoms with Gasteiger partial charge in [-0.05, 0) is 24.3 Å². The molecule has 21 heavy (non-hydrogen) atoms. The average Bonchev–Trinajstić information content (AvgIpc) is 2.43. The van der Waals surface area contributed by atoms with Gasteiger partial charge in [0.2, 0.25) is 0 Å². The Labute approximate surface area is 120 Å². The molecule has 0 aromatic heterocycles. The van der Waals surface area contributed by atoms with Crippen LogP contribution >= 0.6 is 0 Å². The fourth-order valence-electron chi connectivity index (χ4n) is 1.74. The number of anilines is 1. The molecule has 2 aromatic rings. The van der Waals surface area contributed by atoms with Crippen molar-refractivity contribution in [3.8, 4) is 5.75 Å². The maximum absolute atomic E-state index is 13.4. The van der Waals surface area contributed by atoms with Crippen molar-refractivity contribution in [2.45, 2.75) is 0 Å². The Morgan fingerprint density at radius 2 is 1.81 bits per heavy atom. The summed E-state index contributed by atoms with van der Waals surface area (Å²) >= 11 is 0. The summed E-state index contributed by atoms with van der Waals surface area (Å²) in [5.74, 6) is -2.06. The molecule has 0 saturated carbocycles. The molecule has 6 heteroatoms. The number of nitrogen functional groups attached to an aromatic ring is 1. The van der Waals surface area contributed by atoms with Gasteiger partial charge in [-0.3, -0.25) is 4.79 Å². The molecule has 0 aliphatic carbocycles. The van der Waals surface area contributed by atoms with Crippen molar-refractivity contribution in [2.75, 3.05) is 18.9 Å². The van der Waals surface area contributed by atoms with Crippen LogP contribution in [0.4, 0.5) is 14.5 Å². The van der Waals surface area contributed by atoms with Crippen LogP contribution in [-0.4, -0.2) is 19.1 Å². The third kappa shape index (κ3) is 3.92. The second kappa shape index (κ2) is 6.69. The van der Waals surface area contributed by atoms with E-state index < -0.39 is 23.1 Å². The summed E-state index contributed by atoms with van der Waals surface area (Å²) in [6.45, 7) is 0.271. The van der Waals surface area contributed by atoms with Crippen molar-refractivity contribution in [1.29, 1.82) is 0 Å². The topological polar surface area (TPSA) is 64.3 Å². The van der Waals surface area contributed by atoms with Crippen molar-refractivity contribution in [3.05, 3.63) is 59.7 Å². The lowest BCUT2D eigenvalue weighted by atomic mass is 10.2. The number of carbonyl (C=O) groups excluding carboxylic acids is 1. The summed E-state index contributed by atoms with van der Waals surface area (Å²) in [7, 11) is 0. The fraction of sp³-hybridized carbons (Fsp3) is 0.133. The highest BCUT2D eigenvalue weighted by atomic mass is 19.1. The summed E-state index contributed by atoms with van der Waals surface area (Å²) in [4.78, 5) is 11.7. The smallest absolute Gasteiger partial charge is 0.257 e. The number of hydrogen-bond donors (Lipinski definition) is 2. The van der Waals surface area contributed by atoms with Gasteiger partial charge in [-0.25, -0.2) is 8.78 Å². The van der Waals surface area contributed by atoms with E-state index in [4.69, 9.17) is 10.5 Å². The Balaban J connectivity index is 1.85. The third-order valence-corrected chi connectivity index (χ3v) is 2.70. The van der Waals surface area contributed by atoms with Crippen LogP contribution < -0.4 is 15.8 Å². The zero-order valence-electron chi connectivity index (χ0n) is 11.1. The monoisotopic (exact) mass is 292 g/mol. The first-order valence-corrected chi connectivity index (χ1v) is 6.28. The van der Waals surface area contributed by atoms with E-state index >= 15 is 0 Å². The Bertz CT molecular complexity index is 627. The molecular weight excluding hydrogens is 278 g/mol. The largest absolute Gasteiger partial charge is 0.492 e. The van der Waals surface area contributed by atoms with Gasteiger partial charge in [0, 0.05) is 11.8 Å². The van der Waals surface area contributed by atoms with Crippen LogP contribution in [0.25, 0.3) is 0 Å². The van der Waals surface area contributed by atoms with Crippen LogP contribution in [0.15, 0.2) is 42.5 Å². The zero-order chi connectivity index (χ0) is 15.2. The molecule has 0 heterocycles. The Morgan fingerprint density at radius 1 is 1.14 bits per heavy atom. The minimum Gasteiger partial charge on any atom is -0.492 e. The Morgan fingerprint density at radius 3 is 2.48 bits per heavy atom. The van der Waals surface area contributed by atoms with Gasteiger partial charge in [0.25, 0.3) is 5.91 Å².